The fourth-order valence-corrected chi connectivity index (χ4v) is 3.11. The molecule has 132 valence electrons. The van der Waals surface area contributed by atoms with Gasteiger partial charge < -0.3 is 15.5 Å². The van der Waals surface area contributed by atoms with E-state index in [1.807, 2.05) is 30.0 Å². The molecule has 0 saturated carbocycles. The topological polar surface area (TPSA) is 61.4 Å². The van der Waals surface area contributed by atoms with Crippen LogP contribution in [0.15, 0.2) is 24.3 Å². The van der Waals surface area contributed by atoms with E-state index in [0.29, 0.717) is 31.0 Å². The molecule has 2 N–H and O–H groups in total. The van der Waals surface area contributed by atoms with Crippen molar-refractivity contribution in [2.24, 2.45) is 5.92 Å². The summed E-state index contributed by atoms with van der Waals surface area (Å²) < 4.78 is 0. The van der Waals surface area contributed by atoms with Crippen LogP contribution >= 0.6 is 0 Å². The molecule has 2 amide bonds. The van der Waals surface area contributed by atoms with Crippen LogP contribution in [-0.2, 0) is 4.79 Å². The molecule has 0 radical (unpaired) electrons. The van der Waals surface area contributed by atoms with Crippen molar-refractivity contribution < 1.29 is 9.59 Å². The van der Waals surface area contributed by atoms with Gasteiger partial charge in [0.25, 0.3) is 5.91 Å². The molecule has 5 heteroatoms. The number of benzene rings is 1. The van der Waals surface area contributed by atoms with E-state index in [-0.39, 0.29) is 17.9 Å². The first-order chi connectivity index (χ1) is 11.4. The first-order valence-corrected chi connectivity index (χ1v) is 8.77. The number of aryl methyl sites for hydroxylation is 1. The van der Waals surface area contributed by atoms with Crippen molar-refractivity contribution >= 4 is 11.8 Å². The van der Waals surface area contributed by atoms with Crippen LogP contribution in [0.3, 0.4) is 0 Å². The summed E-state index contributed by atoms with van der Waals surface area (Å²) in [5.41, 5.74) is 1.55. The fourth-order valence-electron chi connectivity index (χ4n) is 3.11. The Kier molecular flexibility index (Phi) is 6.37. The molecule has 1 fully saturated rings. The number of hydrogen-bond acceptors (Lipinski definition) is 3. The van der Waals surface area contributed by atoms with Gasteiger partial charge in [-0.05, 0) is 37.8 Å². The third-order valence-corrected chi connectivity index (χ3v) is 4.38. The maximum Gasteiger partial charge on any atom is 0.252 e. The molecule has 24 heavy (non-hydrogen) atoms. The minimum atomic E-state index is -0.470. The number of piperazine rings is 1. The quantitative estimate of drug-likeness (QED) is 0.867. The predicted octanol–water partition coefficient (Wildman–Crippen LogP) is 1.96. The summed E-state index contributed by atoms with van der Waals surface area (Å²) in [4.78, 5) is 27.4. The van der Waals surface area contributed by atoms with Crippen molar-refractivity contribution in [2.45, 2.75) is 46.2 Å². The standard InChI is InChI=1S/C19H29N3O2/c1-13(2)11-17(19(24)22-10-9-20-15(4)12-22)21-18(23)16-8-6-5-7-14(16)3/h5-8,13,15,17,20H,9-12H2,1-4H3,(H,21,23). The lowest BCUT2D eigenvalue weighted by molar-refractivity contribution is -0.134. The SMILES string of the molecule is Cc1ccccc1C(=O)NC(CC(C)C)C(=O)N1CCNC(C)C1. The van der Waals surface area contributed by atoms with Gasteiger partial charge in [-0.3, -0.25) is 9.59 Å². The van der Waals surface area contributed by atoms with Gasteiger partial charge >= 0.3 is 0 Å². The molecule has 0 aromatic heterocycles. The van der Waals surface area contributed by atoms with E-state index in [9.17, 15) is 9.59 Å². The van der Waals surface area contributed by atoms with Gasteiger partial charge in [0.2, 0.25) is 5.91 Å². The first kappa shape index (κ1) is 18.5. The van der Waals surface area contributed by atoms with Gasteiger partial charge in [-0.25, -0.2) is 0 Å². The minimum absolute atomic E-state index is 0.0268. The largest absolute Gasteiger partial charge is 0.340 e. The Bertz CT molecular complexity index is 586. The predicted molar refractivity (Wildman–Crippen MR) is 95.9 cm³/mol. The van der Waals surface area contributed by atoms with E-state index in [2.05, 4.69) is 31.4 Å². The molecule has 1 aromatic rings. The first-order valence-electron chi connectivity index (χ1n) is 8.77. The van der Waals surface area contributed by atoms with Gasteiger partial charge in [0.1, 0.15) is 6.04 Å². The highest BCUT2D eigenvalue weighted by molar-refractivity contribution is 5.98. The molecule has 1 aliphatic rings. The van der Waals surface area contributed by atoms with Gasteiger partial charge in [-0.2, -0.15) is 0 Å². The Hall–Kier alpha value is -1.88. The van der Waals surface area contributed by atoms with E-state index >= 15 is 0 Å². The van der Waals surface area contributed by atoms with E-state index < -0.39 is 6.04 Å². The summed E-state index contributed by atoms with van der Waals surface area (Å²) >= 11 is 0. The minimum Gasteiger partial charge on any atom is -0.340 e. The highest BCUT2D eigenvalue weighted by atomic mass is 16.2. The summed E-state index contributed by atoms with van der Waals surface area (Å²) in [6, 6.07) is 7.28. The van der Waals surface area contributed by atoms with Crippen LogP contribution in [0.4, 0.5) is 0 Å². The van der Waals surface area contributed by atoms with Crippen LogP contribution in [0.1, 0.15) is 43.1 Å². The second-order valence-corrected chi connectivity index (χ2v) is 7.11. The Labute approximate surface area is 144 Å². The lowest BCUT2D eigenvalue weighted by Crippen LogP contribution is -2.57. The molecule has 1 aliphatic heterocycles. The van der Waals surface area contributed by atoms with E-state index in [4.69, 9.17) is 0 Å². The van der Waals surface area contributed by atoms with Crippen LogP contribution in [0.25, 0.3) is 0 Å². The van der Waals surface area contributed by atoms with Crippen molar-refractivity contribution in [3.63, 3.8) is 0 Å². The monoisotopic (exact) mass is 331 g/mol. The highest BCUT2D eigenvalue weighted by Gasteiger charge is 2.29. The molecular weight excluding hydrogens is 302 g/mol. The molecule has 0 spiro atoms. The summed E-state index contributed by atoms with van der Waals surface area (Å²) in [6.45, 7) is 10.3. The zero-order chi connectivity index (χ0) is 17.7. The molecule has 2 atom stereocenters. The molecule has 5 nitrogen and oxygen atoms in total. The summed E-state index contributed by atoms with van der Waals surface area (Å²) in [5.74, 6) is 0.186. The van der Waals surface area contributed by atoms with Gasteiger partial charge in [0.15, 0.2) is 0 Å². The molecular formula is C19H29N3O2. The molecule has 1 heterocycles. The fraction of sp³-hybridized carbons (Fsp3) is 0.579. The zero-order valence-electron chi connectivity index (χ0n) is 15.1. The van der Waals surface area contributed by atoms with Crippen LogP contribution in [0.2, 0.25) is 0 Å². The van der Waals surface area contributed by atoms with Crippen molar-refractivity contribution in [2.75, 3.05) is 19.6 Å². The van der Waals surface area contributed by atoms with Gasteiger partial charge in [0, 0.05) is 31.2 Å². The molecule has 0 aliphatic carbocycles. The smallest absolute Gasteiger partial charge is 0.252 e. The number of carbonyl (C=O) groups excluding carboxylic acids is 2. The average molecular weight is 331 g/mol. The van der Waals surface area contributed by atoms with Crippen LogP contribution in [-0.4, -0.2) is 48.4 Å². The normalized spacial score (nSPS) is 19.2. The molecule has 2 rings (SSSR count). The lowest BCUT2D eigenvalue weighted by atomic mass is 10.0. The highest BCUT2D eigenvalue weighted by Crippen LogP contribution is 2.13. The Morgan fingerprint density at radius 2 is 2.04 bits per heavy atom. The van der Waals surface area contributed by atoms with Crippen molar-refractivity contribution in [1.82, 2.24) is 15.5 Å². The number of nitrogens with one attached hydrogen (secondary N) is 2. The number of rotatable bonds is 5. The third kappa shape index (κ3) is 4.81. The summed E-state index contributed by atoms with van der Waals surface area (Å²) in [5, 5.41) is 6.31. The zero-order valence-corrected chi connectivity index (χ0v) is 15.1. The summed E-state index contributed by atoms with van der Waals surface area (Å²) in [6.07, 6.45) is 0.648. The van der Waals surface area contributed by atoms with Gasteiger partial charge in [-0.1, -0.05) is 32.0 Å². The van der Waals surface area contributed by atoms with E-state index in [1.54, 1.807) is 6.07 Å². The van der Waals surface area contributed by atoms with Crippen molar-refractivity contribution in [1.29, 1.82) is 0 Å². The van der Waals surface area contributed by atoms with Gasteiger partial charge in [-0.15, -0.1) is 0 Å². The second kappa shape index (κ2) is 8.29. The number of hydrogen-bond donors (Lipinski definition) is 2. The van der Waals surface area contributed by atoms with Crippen LogP contribution < -0.4 is 10.6 Å². The van der Waals surface area contributed by atoms with Gasteiger partial charge in [0.05, 0.1) is 0 Å². The number of nitrogens with zero attached hydrogens (tertiary/aromatic N) is 1. The molecule has 2 unspecified atom stereocenters. The van der Waals surface area contributed by atoms with Crippen molar-refractivity contribution in [3.8, 4) is 0 Å². The number of amides is 2. The average Bonchev–Trinajstić information content (AvgIpc) is 2.53. The maximum atomic E-state index is 12.9. The second-order valence-electron chi connectivity index (χ2n) is 7.11. The van der Waals surface area contributed by atoms with Crippen LogP contribution in [0.5, 0.6) is 0 Å². The van der Waals surface area contributed by atoms with Crippen molar-refractivity contribution in [3.05, 3.63) is 35.4 Å². The summed E-state index contributed by atoms with van der Waals surface area (Å²) in [7, 11) is 0. The molecule has 1 saturated heterocycles. The Balaban J connectivity index is 2.11. The van der Waals surface area contributed by atoms with E-state index in [1.165, 1.54) is 0 Å². The Morgan fingerprint density at radius 3 is 2.67 bits per heavy atom. The van der Waals surface area contributed by atoms with E-state index in [0.717, 1.165) is 12.1 Å². The number of carbonyl (C=O) groups is 2. The van der Waals surface area contributed by atoms with Crippen LogP contribution in [0, 0.1) is 12.8 Å². The maximum absolute atomic E-state index is 12.9. The third-order valence-electron chi connectivity index (χ3n) is 4.38. The lowest BCUT2D eigenvalue weighted by Gasteiger charge is -2.35. The molecule has 1 aromatic carbocycles. The Morgan fingerprint density at radius 1 is 1.33 bits per heavy atom. The molecule has 0 bridgehead atoms.